The number of hydrogen-bond acceptors (Lipinski definition) is 2. The van der Waals surface area contributed by atoms with E-state index in [4.69, 9.17) is 4.74 Å². The number of esters is 1. The molecule has 16 heavy (non-hydrogen) atoms. The first-order valence-electron chi connectivity index (χ1n) is 5.02. The Morgan fingerprint density at radius 1 is 1.56 bits per heavy atom. The van der Waals surface area contributed by atoms with Crippen LogP contribution in [-0.2, 0) is 9.53 Å². The maximum absolute atomic E-state index is 12.4. The van der Waals surface area contributed by atoms with E-state index in [0.717, 1.165) is 6.08 Å². The smallest absolute Gasteiger partial charge is 0.466 e. The summed E-state index contributed by atoms with van der Waals surface area (Å²) in [6.07, 6.45) is 1.91. The van der Waals surface area contributed by atoms with Crippen LogP contribution in [0.2, 0.25) is 0 Å². The molecular formula is C9H13BF3KO2. The Bertz CT molecular complexity index is 278. The number of allylic oxidation sites excluding steroid dienone is 1. The van der Waals surface area contributed by atoms with Crippen LogP contribution in [0.1, 0.15) is 26.2 Å². The fourth-order valence-electron chi connectivity index (χ4n) is 1.66. The Balaban J connectivity index is 0.00000225. The third-order valence-corrected chi connectivity index (χ3v) is 2.41. The molecule has 2 nitrogen and oxygen atoms in total. The molecule has 0 N–H and O–H groups in total. The number of ether oxygens (including phenoxy) is 1. The molecule has 0 aromatic heterocycles. The molecule has 1 atom stereocenters. The quantitative estimate of drug-likeness (QED) is 0.513. The minimum Gasteiger partial charge on any atom is -0.466 e. The van der Waals surface area contributed by atoms with Crippen molar-refractivity contribution in [2.24, 2.45) is 5.92 Å². The maximum Gasteiger partial charge on any atom is 1.00 e. The van der Waals surface area contributed by atoms with Crippen LogP contribution >= 0.6 is 0 Å². The third kappa shape index (κ3) is 4.91. The van der Waals surface area contributed by atoms with Gasteiger partial charge in [0.25, 0.3) is 0 Å². The van der Waals surface area contributed by atoms with Crippen molar-refractivity contribution in [2.75, 3.05) is 6.61 Å². The van der Waals surface area contributed by atoms with Crippen molar-refractivity contribution in [3.63, 3.8) is 0 Å². The van der Waals surface area contributed by atoms with Crippen LogP contribution in [0.4, 0.5) is 12.9 Å². The molecule has 0 saturated heterocycles. The monoisotopic (exact) mass is 260 g/mol. The Hall–Kier alpha value is 0.701. The molecule has 0 heterocycles. The molecule has 0 aromatic carbocycles. The van der Waals surface area contributed by atoms with E-state index in [0.29, 0.717) is 12.8 Å². The number of carbonyl (C=O) groups is 1. The van der Waals surface area contributed by atoms with Gasteiger partial charge in [-0.15, -0.1) is 11.5 Å². The Kier molecular flexibility index (Phi) is 7.52. The Morgan fingerprint density at radius 3 is 2.69 bits per heavy atom. The fraction of sp³-hybridized carbons (Fsp3) is 0.667. The summed E-state index contributed by atoms with van der Waals surface area (Å²) in [4.78, 5) is 11.2. The van der Waals surface area contributed by atoms with Crippen LogP contribution in [-0.4, -0.2) is 19.6 Å². The van der Waals surface area contributed by atoms with Gasteiger partial charge in [-0.1, -0.05) is 12.8 Å². The average molecular weight is 260 g/mol. The van der Waals surface area contributed by atoms with Gasteiger partial charge in [-0.2, -0.15) is 0 Å². The van der Waals surface area contributed by atoms with Crippen LogP contribution in [0.15, 0.2) is 11.5 Å². The first kappa shape index (κ1) is 16.7. The van der Waals surface area contributed by atoms with Crippen LogP contribution in [0.3, 0.4) is 0 Å². The second kappa shape index (κ2) is 7.21. The first-order chi connectivity index (χ1) is 6.95. The number of rotatable bonds is 3. The summed E-state index contributed by atoms with van der Waals surface area (Å²) in [5.41, 5.74) is -0.542. The summed E-state index contributed by atoms with van der Waals surface area (Å²) in [5.74, 6) is -1.26. The van der Waals surface area contributed by atoms with E-state index in [9.17, 15) is 17.7 Å². The Labute approximate surface area is 135 Å². The SMILES string of the molecule is CCOC(=O)C1C=C([B-](F)(F)F)CCC1.[K+]. The minimum absolute atomic E-state index is 0. The van der Waals surface area contributed by atoms with Gasteiger partial charge in [0, 0.05) is 0 Å². The van der Waals surface area contributed by atoms with Crippen LogP contribution < -0.4 is 51.4 Å². The van der Waals surface area contributed by atoms with Crippen LogP contribution in [0, 0.1) is 5.92 Å². The zero-order valence-corrected chi connectivity index (χ0v) is 12.6. The van der Waals surface area contributed by atoms with Gasteiger partial charge in [-0.3, -0.25) is 4.79 Å². The molecule has 0 bridgehead atoms. The van der Waals surface area contributed by atoms with Crippen molar-refractivity contribution < 1.29 is 73.9 Å². The standard InChI is InChI=1S/C9H13BF3O2.K/c1-2-15-9(14)7-4-3-5-8(6-7)10(11,12)13;/h6-7H,2-5H2,1H3;/q-1;+1. The van der Waals surface area contributed by atoms with Crippen molar-refractivity contribution in [1.82, 2.24) is 0 Å². The second-order valence-corrected chi connectivity index (χ2v) is 3.57. The molecule has 0 spiro atoms. The molecule has 0 aliphatic heterocycles. The minimum atomic E-state index is -4.94. The summed E-state index contributed by atoms with van der Waals surface area (Å²) in [6.45, 7) is -3.10. The van der Waals surface area contributed by atoms with E-state index < -0.39 is 24.3 Å². The number of halogens is 3. The predicted octanol–water partition coefficient (Wildman–Crippen LogP) is -0.333. The van der Waals surface area contributed by atoms with Gasteiger partial charge < -0.3 is 17.7 Å². The molecule has 0 fully saturated rings. The summed E-state index contributed by atoms with van der Waals surface area (Å²) in [5, 5.41) is 0. The van der Waals surface area contributed by atoms with Gasteiger partial charge >= 0.3 is 64.3 Å². The molecule has 1 unspecified atom stereocenters. The second-order valence-electron chi connectivity index (χ2n) is 3.57. The maximum atomic E-state index is 12.4. The molecule has 0 saturated carbocycles. The number of carbonyl (C=O) groups excluding carboxylic acids is 1. The fourth-order valence-corrected chi connectivity index (χ4v) is 1.66. The Morgan fingerprint density at radius 2 is 2.19 bits per heavy atom. The van der Waals surface area contributed by atoms with Crippen LogP contribution in [0.25, 0.3) is 0 Å². The molecule has 86 valence electrons. The zero-order chi connectivity index (χ0) is 11.5. The normalized spacial score (nSPS) is 20.8. The molecule has 1 aliphatic carbocycles. The largest absolute Gasteiger partial charge is 1.00 e. The average Bonchev–Trinajstić information content (AvgIpc) is 2.17. The van der Waals surface area contributed by atoms with Crippen molar-refractivity contribution in [2.45, 2.75) is 26.2 Å². The molecule has 0 aromatic rings. The van der Waals surface area contributed by atoms with Crippen molar-refractivity contribution in [3.05, 3.63) is 11.5 Å². The zero-order valence-electron chi connectivity index (χ0n) is 9.51. The predicted molar refractivity (Wildman–Crippen MR) is 51.1 cm³/mol. The molecule has 1 rings (SSSR count). The number of hydrogen-bond donors (Lipinski definition) is 0. The van der Waals surface area contributed by atoms with Crippen molar-refractivity contribution in [1.29, 1.82) is 0 Å². The topological polar surface area (TPSA) is 26.3 Å². The van der Waals surface area contributed by atoms with E-state index in [-0.39, 0.29) is 64.4 Å². The van der Waals surface area contributed by atoms with E-state index in [2.05, 4.69) is 0 Å². The van der Waals surface area contributed by atoms with E-state index >= 15 is 0 Å². The molecule has 0 radical (unpaired) electrons. The van der Waals surface area contributed by atoms with E-state index in [1.165, 1.54) is 0 Å². The summed E-state index contributed by atoms with van der Waals surface area (Å²) in [6, 6.07) is 0. The van der Waals surface area contributed by atoms with Gasteiger partial charge in [-0.25, -0.2) is 0 Å². The first-order valence-corrected chi connectivity index (χ1v) is 5.02. The van der Waals surface area contributed by atoms with Gasteiger partial charge in [0.2, 0.25) is 0 Å². The van der Waals surface area contributed by atoms with Crippen LogP contribution in [0.5, 0.6) is 0 Å². The molecule has 0 amide bonds. The van der Waals surface area contributed by atoms with E-state index in [1.807, 2.05) is 0 Å². The van der Waals surface area contributed by atoms with Gasteiger partial charge in [-0.05, 0) is 13.3 Å². The summed E-state index contributed by atoms with van der Waals surface area (Å²) < 4.78 is 41.9. The third-order valence-electron chi connectivity index (χ3n) is 2.41. The van der Waals surface area contributed by atoms with Gasteiger partial charge in [0.1, 0.15) is 0 Å². The van der Waals surface area contributed by atoms with Gasteiger partial charge in [0.15, 0.2) is 0 Å². The molecule has 7 heteroatoms. The molecule has 1 aliphatic rings. The molecular weight excluding hydrogens is 247 g/mol. The van der Waals surface area contributed by atoms with Gasteiger partial charge in [0.05, 0.1) is 12.5 Å². The van der Waals surface area contributed by atoms with Crippen molar-refractivity contribution in [3.8, 4) is 0 Å². The van der Waals surface area contributed by atoms with E-state index in [1.54, 1.807) is 6.92 Å². The summed E-state index contributed by atoms with van der Waals surface area (Å²) >= 11 is 0. The van der Waals surface area contributed by atoms with Crippen molar-refractivity contribution >= 4 is 12.9 Å². The summed E-state index contributed by atoms with van der Waals surface area (Å²) in [7, 11) is 0.